The number of hydrogen-bond acceptors (Lipinski definition) is 2. The maximum atomic E-state index is 12.5. The fourth-order valence-electron chi connectivity index (χ4n) is 4.67. The van der Waals surface area contributed by atoms with Gasteiger partial charge in [-0.3, -0.25) is 4.79 Å². The largest absolute Gasteiger partial charge is 0.371 e. The van der Waals surface area contributed by atoms with Gasteiger partial charge in [-0.15, -0.1) is 0 Å². The Labute approximate surface area is 219 Å². The molecule has 0 bridgehead atoms. The van der Waals surface area contributed by atoms with Crippen LogP contribution in [-0.4, -0.2) is 37.0 Å². The van der Waals surface area contributed by atoms with Gasteiger partial charge in [0.15, 0.2) is 0 Å². The number of rotatable bonds is 7. The van der Waals surface area contributed by atoms with Gasteiger partial charge < -0.3 is 9.80 Å². The monoisotopic (exact) mass is 506 g/mol. The number of anilines is 1. The average molecular weight is 508 g/mol. The molecule has 5 heteroatoms. The van der Waals surface area contributed by atoms with Gasteiger partial charge in [0.1, 0.15) is 0 Å². The minimum atomic E-state index is 0.0982. The molecule has 3 aromatic rings. The molecule has 0 aromatic heterocycles. The highest BCUT2D eigenvalue weighted by Gasteiger charge is 2.18. The molecule has 1 aliphatic rings. The van der Waals surface area contributed by atoms with Crippen molar-refractivity contribution in [2.24, 2.45) is 0 Å². The summed E-state index contributed by atoms with van der Waals surface area (Å²) in [6.07, 6.45) is 5.11. The Hall–Kier alpha value is -2.75. The summed E-state index contributed by atoms with van der Waals surface area (Å²) in [6, 6.07) is 22.3. The molecular formula is C30H32Cl2N2O. The molecule has 1 amide bonds. The first-order valence-electron chi connectivity index (χ1n) is 12.3. The van der Waals surface area contributed by atoms with Crippen LogP contribution in [0.3, 0.4) is 0 Å². The molecule has 1 fully saturated rings. The van der Waals surface area contributed by atoms with Crippen LogP contribution in [0.5, 0.6) is 0 Å². The summed E-state index contributed by atoms with van der Waals surface area (Å²) >= 11 is 12.5. The zero-order chi connectivity index (χ0) is 24.8. The van der Waals surface area contributed by atoms with Crippen molar-refractivity contribution >= 4 is 40.9 Å². The molecule has 182 valence electrons. The minimum Gasteiger partial charge on any atom is -0.371 e. The normalized spacial score (nSPS) is 13.6. The SMILES string of the molecule is CCN(CC)C(=O)c1ccc(C=C2CCN(c3ccccc3Cc3ccc(Cl)cc3Cl)CC2)cc1. The number of hydrogen-bond donors (Lipinski definition) is 0. The molecule has 4 rings (SSSR count). The molecule has 1 saturated heterocycles. The number of amides is 1. The Bertz CT molecular complexity index is 1190. The standard InChI is InChI=1S/C30H32Cl2N2O/c1-3-33(4-2)30(35)24-11-9-22(10-12-24)19-23-15-17-34(18-16-23)29-8-6-5-7-26(29)20-25-13-14-27(31)21-28(25)32/h5-14,19,21H,3-4,15-18,20H2,1-2H3. The van der Waals surface area contributed by atoms with Gasteiger partial charge in [0.05, 0.1) is 0 Å². The highest BCUT2D eigenvalue weighted by atomic mass is 35.5. The first-order chi connectivity index (χ1) is 17.0. The van der Waals surface area contributed by atoms with Gasteiger partial charge in [-0.2, -0.15) is 0 Å². The Balaban J connectivity index is 1.42. The van der Waals surface area contributed by atoms with E-state index in [1.807, 2.05) is 49.1 Å². The summed E-state index contributed by atoms with van der Waals surface area (Å²) in [5, 5.41) is 1.37. The predicted octanol–water partition coefficient (Wildman–Crippen LogP) is 7.75. The molecule has 3 aromatic carbocycles. The molecule has 0 atom stereocenters. The maximum absolute atomic E-state index is 12.5. The van der Waals surface area contributed by atoms with Gasteiger partial charge >= 0.3 is 0 Å². The summed E-state index contributed by atoms with van der Waals surface area (Å²) in [6.45, 7) is 7.45. The van der Waals surface area contributed by atoms with Crippen LogP contribution in [0, 0.1) is 0 Å². The van der Waals surface area contributed by atoms with E-state index in [0.29, 0.717) is 10.0 Å². The van der Waals surface area contributed by atoms with Crippen LogP contribution >= 0.6 is 23.2 Å². The third-order valence-corrected chi connectivity index (χ3v) is 7.30. The number of nitrogens with zero attached hydrogens (tertiary/aromatic N) is 2. The third-order valence-electron chi connectivity index (χ3n) is 6.71. The zero-order valence-electron chi connectivity index (χ0n) is 20.4. The molecule has 0 N–H and O–H groups in total. The number of carbonyl (C=O) groups excluding carboxylic acids is 1. The Kier molecular flexibility index (Phi) is 8.54. The van der Waals surface area contributed by atoms with E-state index in [4.69, 9.17) is 23.2 Å². The van der Waals surface area contributed by atoms with Gasteiger partial charge in [-0.25, -0.2) is 0 Å². The summed E-state index contributed by atoms with van der Waals surface area (Å²) in [7, 11) is 0. The molecular weight excluding hydrogens is 475 g/mol. The van der Waals surface area contributed by atoms with Crippen LogP contribution in [0.2, 0.25) is 10.0 Å². The van der Waals surface area contributed by atoms with Crippen molar-refractivity contribution in [2.45, 2.75) is 33.1 Å². The molecule has 1 aliphatic heterocycles. The van der Waals surface area contributed by atoms with Gasteiger partial charge in [0, 0.05) is 53.9 Å². The predicted molar refractivity (Wildman–Crippen MR) is 149 cm³/mol. The minimum absolute atomic E-state index is 0.0982. The highest BCUT2D eigenvalue weighted by molar-refractivity contribution is 6.35. The molecule has 0 radical (unpaired) electrons. The van der Waals surface area contributed by atoms with Gasteiger partial charge in [0.2, 0.25) is 0 Å². The van der Waals surface area contributed by atoms with Crippen molar-refractivity contribution in [3.63, 3.8) is 0 Å². The number of halogens is 2. The van der Waals surface area contributed by atoms with E-state index in [-0.39, 0.29) is 5.91 Å². The van der Waals surface area contributed by atoms with Crippen LogP contribution in [0.15, 0.2) is 72.3 Å². The van der Waals surface area contributed by atoms with Gasteiger partial charge in [0.25, 0.3) is 5.91 Å². The molecule has 0 spiro atoms. The van der Waals surface area contributed by atoms with Gasteiger partial charge in [-0.1, -0.05) is 71.2 Å². The Morgan fingerprint density at radius 1 is 0.914 bits per heavy atom. The highest BCUT2D eigenvalue weighted by Crippen LogP contribution is 2.31. The van der Waals surface area contributed by atoms with Crippen molar-refractivity contribution in [3.05, 3.63) is 105 Å². The maximum Gasteiger partial charge on any atom is 0.253 e. The lowest BCUT2D eigenvalue weighted by molar-refractivity contribution is 0.0773. The fraction of sp³-hybridized carbons (Fsp3) is 0.300. The number of piperidine rings is 1. The third kappa shape index (κ3) is 6.28. The van der Waals surface area contributed by atoms with E-state index in [1.54, 1.807) is 0 Å². The molecule has 0 unspecified atom stereocenters. The van der Waals surface area contributed by atoms with Crippen LogP contribution in [0.1, 0.15) is 53.7 Å². The molecule has 1 heterocycles. The first kappa shape index (κ1) is 25.3. The second-order valence-electron chi connectivity index (χ2n) is 8.93. The van der Waals surface area contributed by atoms with Crippen molar-refractivity contribution in [3.8, 4) is 0 Å². The quantitative estimate of drug-likeness (QED) is 0.326. The second kappa shape index (κ2) is 11.8. The van der Waals surface area contributed by atoms with E-state index in [9.17, 15) is 4.79 Å². The summed E-state index contributed by atoms with van der Waals surface area (Å²) in [5.41, 5.74) is 6.99. The Morgan fingerprint density at radius 3 is 2.26 bits per heavy atom. The van der Waals surface area contributed by atoms with E-state index in [2.05, 4.69) is 47.4 Å². The summed E-state index contributed by atoms with van der Waals surface area (Å²) < 4.78 is 0. The smallest absolute Gasteiger partial charge is 0.253 e. The van der Waals surface area contributed by atoms with Crippen molar-refractivity contribution < 1.29 is 4.79 Å². The Morgan fingerprint density at radius 2 is 1.60 bits per heavy atom. The zero-order valence-corrected chi connectivity index (χ0v) is 21.9. The van der Waals surface area contributed by atoms with Crippen LogP contribution in [0.4, 0.5) is 5.69 Å². The van der Waals surface area contributed by atoms with Gasteiger partial charge in [-0.05, 0) is 73.7 Å². The average Bonchev–Trinajstić information content (AvgIpc) is 2.88. The lowest BCUT2D eigenvalue weighted by atomic mass is 9.97. The summed E-state index contributed by atoms with van der Waals surface area (Å²) in [5.74, 6) is 0.0982. The molecule has 35 heavy (non-hydrogen) atoms. The van der Waals surface area contributed by atoms with Crippen LogP contribution in [-0.2, 0) is 6.42 Å². The topological polar surface area (TPSA) is 23.6 Å². The second-order valence-corrected chi connectivity index (χ2v) is 9.77. The van der Waals surface area contributed by atoms with E-state index >= 15 is 0 Å². The molecule has 0 saturated carbocycles. The molecule has 3 nitrogen and oxygen atoms in total. The fourth-order valence-corrected chi connectivity index (χ4v) is 5.14. The van der Waals surface area contributed by atoms with E-state index in [0.717, 1.165) is 62.1 Å². The van der Waals surface area contributed by atoms with Crippen molar-refractivity contribution in [1.82, 2.24) is 4.90 Å². The molecule has 0 aliphatic carbocycles. The van der Waals surface area contributed by atoms with Crippen LogP contribution in [0.25, 0.3) is 6.08 Å². The van der Waals surface area contributed by atoms with Crippen molar-refractivity contribution in [1.29, 1.82) is 0 Å². The van der Waals surface area contributed by atoms with Crippen molar-refractivity contribution in [2.75, 3.05) is 31.1 Å². The number of para-hydroxylation sites is 1. The van der Waals surface area contributed by atoms with E-state index in [1.165, 1.54) is 16.8 Å². The number of benzene rings is 3. The van der Waals surface area contributed by atoms with E-state index < -0.39 is 0 Å². The lowest BCUT2D eigenvalue weighted by Crippen LogP contribution is -2.31. The summed E-state index contributed by atoms with van der Waals surface area (Å²) in [4.78, 5) is 16.9. The lowest BCUT2D eigenvalue weighted by Gasteiger charge is -2.32. The number of carbonyl (C=O) groups is 1. The van der Waals surface area contributed by atoms with Crippen LogP contribution < -0.4 is 4.90 Å². The first-order valence-corrected chi connectivity index (χ1v) is 13.1.